The molecule has 0 unspecified atom stereocenters. The normalized spacial score (nSPS) is 20.2. The monoisotopic (exact) mass is 346 g/mol. The Balaban J connectivity index is 1.50. The average Bonchev–Trinajstić information content (AvgIpc) is 3.20. The van der Waals surface area contributed by atoms with Gasteiger partial charge in [0.05, 0.1) is 12.1 Å². The van der Waals surface area contributed by atoms with Crippen LogP contribution >= 0.6 is 0 Å². The third-order valence-corrected chi connectivity index (χ3v) is 4.53. The minimum absolute atomic E-state index is 0.0126. The van der Waals surface area contributed by atoms with Crippen LogP contribution in [0.15, 0.2) is 18.6 Å². The van der Waals surface area contributed by atoms with Gasteiger partial charge in [-0.2, -0.15) is 0 Å². The summed E-state index contributed by atoms with van der Waals surface area (Å²) in [7, 11) is 0. The van der Waals surface area contributed by atoms with E-state index in [0.717, 1.165) is 32.4 Å². The number of hydrazine groups is 1. The van der Waals surface area contributed by atoms with Crippen molar-refractivity contribution in [2.75, 3.05) is 26.2 Å². The van der Waals surface area contributed by atoms with Gasteiger partial charge in [0.1, 0.15) is 5.69 Å². The fourth-order valence-electron chi connectivity index (χ4n) is 3.17. The number of nitrogens with one attached hydrogen (secondary N) is 2. The summed E-state index contributed by atoms with van der Waals surface area (Å²) < 4.78 is 0. The molecule has 2 N–H and O–H groups in total. The Kier molecular flexibility index (Phi) is 5.42. The summed E-state index contributed by atoms with van der Waals surface area (Å²) >= 11 is 0. The number of rotatable bonds is 2. The number of amides is 4. The highest BCUT2D eigenvalue weighted by Gasteiger charge is 2.31. The van der Waals surface area contributed by atoms with Gasteiger partial charge < -0.3 is 9.80 Å². The van der Waals surface area contributed by atoms with Crippen LogP contribution in [0.4, 0.5) is 4.79 Å². The SMILES string of the molecule is O=C(NNC(=O)[C@@H]1CCCN(C(=O)N2CCCC2)C1)c1cnccn1. The van der Waals surface area contributed by atoms with Crippen LogP contribution in [-0.2, 0) is 4.79 Å². The summed E-state index contributed by atoms with van der Waals surface area (Å²) in [5.41, 5.74) is 4.88. The van der Waals surface area contributed by atoms with Crippen molar-refractivity contribution in [2.24, 2.45) is 5.92 Å². The van der Waals surface area contributed by atoms with Gasteiger partial charge in [-0.3, -0.25) is 25.4 Å². The molecule has 1 atom stereocenters. The third-order valence-electron chi connectivity index (χ3n) is 4.53. The van der Waals surface area contributed by atoms with Crippen molar-refractivity contribution < 1.29 is 14.4 Å². The molecule has 0 spiro atoms. The molecule has 0 radical (unpaired) electrons. The minimum Gasteiger partial charge on any atom is -0.325 e. The fraction of sp³-hybridized carbons (Fsp3) is 0.562. The van der Waals surface area contributed by atoms with Crippen LogP contribution in [-0.4, -0.2) is 63.8 Å². The Morgan fingerprint density at radius 3 is 2.48 bits per heavy atom. The molecule has 2 aliphatic rings. The number of likely N-dealkylation sites (tertiary alicyclic amines) is 2. The molecular formula is C16H22N6O3. The number of carbonyl (C=O) groups excluding carboxylic acids is 3. The number of hydrogen-bond donors (Lipinski definition) is 2. The molecule has 2 saturated heterocycles. The summed E-state index contributed by atoms with van der Waals surface area (Å²) in [6.07, 6.45) is 7.73. The fourth-order valence-corrected chi connectivity index (χ4v) is 3.17. The molecule has 134 valence electrons. The van der Waals surface area contributed by atoms with Gasteiger partial charge >= 0.3 is 6.03 Å². The van der Waals surface area contributed by atoms with Crippen molar-refractivity contribution in [2.45, 2.75) is 25.7 Å². The maximum absolute atomic E-state index is 12.5. The zero-order valence-corrected chi connectivity index (χ0v) is 14.0. The molecule has 0 aromatic carbocycles. The molecule has 2 aliphatic heterocycles. The van der Waals surface area contributed by atoms with Crippen LogP contribution in [0.3, 0.4) is 0 Å². The smallest absolute Gasteiger partial charge is 0.320 e. The van der Waals surface area contributed by atoms with E-state index in [1.807, 2.05) is 4.90 Å². The number of hydrogen-bond acceptors (Lipinski definition) is 5. The van der Waals surface area contributed by atoms with E-state index in [9.17, 15) is 14.4 Å². The van der Waals surface area contributed by atoms with Crippen LogP contribution < -0.4 is 10.9 Å². The van der Waals surface area contributed by atoms with E-state index in [4.69, 9.17) is 0 Å². The summed E-state index contributed by atoms with van der Waals surface area (Å²) in [6.45, 7) is 2.63. The van der Waals surface area contributed by atoms with E-state index in [1.54, 1.807) is 4.90 Å². The summed E-state index contributed by atoms with van der Waals surface area (Å²) in [5, 5.41) is 0. The maximum atomic E-state index is 12.5. The van der Waals surface area contributed by atoms with Crippen LogP contribution in [0.5, 0.6) is 0 Å². The zero-order chi connectivity index (χ0) is 17.6. The van der Waals surface area contributed by atoms with Crippen molar-refractivity contribution in [3.63, 3.8) is 0 Å². The quantitative estimate of drug-likeness (QED) is 0.742. The Labute approximate surface area is 145 Å². The molecule has 9 heteroatoms. The highest BCUT2D eigenvalue weighted by atomic mass is 16.2. The summed E-state index contributed by atoms with van der Waals surface area (Å²) in [4.78, 5) is 47.9. The second kappa shape index (κ2) is 7.91. The van der Waals surface area contributed by atoms with Crippen LogP contribution in [0.1, 0.15) is 36.2 Å². The Bertz CT molecular complexity index is 632. The molecule has 25 heavy (non-hydrogen) atoms. The van der Waals surface area contributed by atoms with Gasteiger partial charge in [0.2, 0.25) is 5.91 Å². The Morgan fingerprint density at radius 2 is 1.76 bits per heavy atom. The number of aromatic nitrogens is 2. The van der Waals surface area contributed by atoms with Gasteiger partial charge in [-0.15, -0.1) is 0 Å². The van der Waals surface area contributed by atoms with E-state index in [0.29, 0.717) is 19.5 Å². The first kappa shape index (κ1) is 17.1. The van der Waals surface area contributed by atoms with Gasteiger partial charge in [0.25, 0.3) is 5.91 Å². The maximum Gasteiger partial charge on any atom is 0.320 e. The molecule has 4 amide bonds. The van der Waals surface area contributed by atoms with E-state index in [1.165, 1.54) is 18.6 Å². The molecule has 0 bridgehead atoms. The molecule has 1 aromatic heterocycles. The number of nitrogens with zero attached hydrogens (tertiary/aromatic N) is 4. The Hall–Kier alpha value is -2.71. The average molecular weight is 346 g/mol. The molecule has 0 saturated carbocycles. The standard InChI is InChI=1S/C16H22N6O3/c23-14(19-20-15(24)13-10-17-5-6-18-13)12-4-3-9-22(11-12)16(25)21-7-1-2-8-21/h5-6,10,12H,1-4,7-9,11H2,(H,19,23)(H,20,24)/t12-/m1/s1. The van der Waals surface area contributed by atoms with Gasteiger partial charge in [0, 0.05) is 38.6 Å². The lowest BCUT2D eigenvalue weighted by molar-refractivity contribution is -0.127. The van der Waals surface area contributed by atoms with Crippen LogP contribution in [0.25, 0.3) is 0 Å². The first-order valence-electron chi connectivity index (χ1n) is 8.55. The highest BCUT2D eigenvalue weighted by Crippen LogP contribution is 2.19. The largest absolute Gasteiger partial charge is 0.325 e. The van der Waals surface area contributed by atoms with Crippen molar-refractivity contribution >= 4 is 17.8 Å². The molecule has 9 nitrogen and oxygen atoms in total. The topological polar surface area (TPSA) is 108 Å². The number of piperidine rings is 1. The minimum atomic E-state index is -0.526. The van der Waals surface area contributed by atoms with Crippen molar-refractivity contribution in [3.8, 4) is 0 Å². The van der Waals surface area contributed by atoms with E-state index < -0.39 is 5.91 Å². The van der Waals surface area contributed by atoms with Crippen molar-refractivity contribution in [1.82, 2.24) is 30.6 Å². The molecular weight excluding hydrogens is 324 g/mol. The van der Waals surface area contributed by atoms with Gasteiger partial charge in [0.15, 0.2) is 0 Å². The molecule has 2 fully saturated rings. The first-order valence-corrected chi connectivity index (χ1v) is 8.55. The Morgan fingerprint density at radius 1 is 1.00 bits per heavy atom. The second-order valence-electron chi connectivity index (χ2n) is 6.30. The van der Waals surface area contributed by atoms with Crippen molar-refractivity contribution in [1.29, 1.82) is 0 Å². The lowest BCUT2D eigenvalue weighted by Crippen LogP contribution is -2.52. The van der Waals surface area contributed by atoms with Gasteiger partial charge in [-0.1, -0.05) is 0 Å². The lowest BCUT2D eigenvalue weighted by Gasteiger charge is -2.34. The third kappa shape index (κ3) is 4.23. The summed E-state index contributed by atoms with van der Waals surface area (Å²) in [6, 6.07) is 0.0126. The summed E-state index contributed by atoms with van der Waals surface area (Å²) in [5.74, 6) is -1.15. The number of carbonyl (C=O) groups is 3. The zero-order valence-electron chi connectivity index (χ0n) is 14.0. The highest BCUT2D eigenvalue weighted by molar-refractivity contribution is 5.93. The molecule has 3 heterocycles. The number of urea groups is 1. The molecule has 0 aliphatic carbocycles. The van der Waals surface area contributed by atoms with Crippen LogP contribution in [0, 0.1) is 5.92 Å². The lowest BCUT2D eigenvalue weighted by atomic mass is 9.97. The van der Waals surface area contributed by atoms with Gasteiger partial charge in [-0.25, -0.2) is 9.78 Å². The first-order chi connectivity index (χ1) is 12.1. The van der Waals surface area contributed by atoms with Crippen LogP contribution in [0.2, 0.25) is 0 Å². The molecule has 3 rings (SSSR count). The van der Waals surface area contributed by atoms with Crippen molar-refractivity contribution in [3.05, 3.63) is 24.3 Å². The second-order valence-corrected chi connectivity index (χ2v) is 6.30. The molecule has 1 aromatic rings. The van der Waals surface area contributed by atoms with E-state index in [2.05, 4.69) is 20.8 Å². The van der Waals surface area contributed by atoms with E-state index >= 15 is 0 Å². The van der Waals surface area contributed by atoms with E-state index in [-0.39, 0.29) is 23.6 Å². The predicted octanol–water partition coefficient (Wildman–Crippen LogP) is 0.165. The predicted molar refractivity (Wildman–Crippen MR) is 88.1 cm³/mol. The van der Waals surface area contributed by atoms with Gasteiger partial charge in [-0.05, 0) is 25.7 Å².